The van der Waals surface area contributed by atoms with Crippen LogP contribution in [-0.4, -0.2) is 28.0 Å². The summed E-state index contributed by atoms with van der Waals surface area (Å²) in [5, 5.41) is 10.3. The lowest BCUT2D eigenvalue weighted by atomic mass is 10.3. The molecule has 0 radical (unpaired) electrons. The molecule has 9 nitrogen and oxygen atoms in total. The average Bonchev–Trinajstić information content (AvgIpc) is 2.10. The average molecular weight is 332 g/mol. The minimum absolute atomic E-state index is 0.168. The maximum absolute atomic E-state index is 11.2. The third-order valence-corrected chi connectivity index (χ3v) is 3.74. The van der Waals surface area contributed by atoms with Crippen LogP contribution in [0.15, 0.2) is 18.2 Å². The van der Waals surface area contributed by atoms with Gasteiger partial charge in [0.2, 0.25) is 0 Å². The van der Waals surface area contributed by atoms with Gasteiger partial charge in [-0.15, -0.1) is 3.63 Å². The van der Waals surface area contributed by atoms with Gasteiger partial charge in [-0.05, 0) is 0 Å². The molecule has 0 aliphatic carbocycles. The molecule has 1 aromatic rings. The molecule has 0 atom stereocenters. The Morgan fingerprint density at radius 2 is 1.79 bits per heavy atom. The molecule has 1 rings (SSSR count). The summed E-state index contributed by atoms with van der Waals surface area (Å²) < 4.78 is 51.6. The zero-order valence-electron chi connectivity index (χ0n) is 9.14. The zero-order chi connectivity index (χ0) is 14.8. The Morgan fingerprint density at radius 1 is 1.21 bits per heavy atom. The Hall–Kier alpha value is -1.43. The second-order valence-electron chi connectivity index (χ2n) is 3.17. The molecule has 0 aliphatic rings. The summed E-state index contributed by atoms with van der Waals surface area (Å²) in [5.41, 5.74) is -0.531. The summed E-state index contributed by atoms with van der Waals surface area (Å²) in [6.07, 6.45) is 0.494. The van der Waals surface area contributed by atoms with Crippen molar-refractivity contribution in [2.75, 3.05) is 6.26 Å². The van der Waals surface area contributed by atoms with Gasteiger partial charge < -0.3 is 4.18 Å². The summed E-state index contributed by atoms with van der Waals surface area (Å²) >= 11 is 5.52. The minimum atomic E-state index is -4.92. The molecular formula is C7H6ClNO8S2. The number of nitro benzene ring substituents is 1. The maximum Gasteiger partial charge on any atom is 0.464 e. The lowest BCUT2D eigenvalue weighted by molar-refractivity contribution is -0.384. The fourth-order valence-corrected chi connectivity index (χ4v) is 2.86. The topological polar surface area (TPSA) is 130 Å². The molecule has 0 fully saturated rings. The monoisotopic (exact) mass is 331 g/mol. The van der Waals surface area contributed by atoms with E-state index in [1.54, 1.807) is 0 Å². The van der Waals surface area contributed by atoms with Crippen molar-refractivity contribution < 1.29 is 29.6 Å². The van der Waals surface area contributed by atoms with Gasteiger partial charge in [0.25, 0.3) is 15.8 Å². The van der Waals surface area contributed by atoms with E-state index in [0.717, 1.165) is 18.2 Å². The van der Waals surface area contributed by atoms with Crippen molar-refractivity contribution in [3.8, 4) is 5.75 Å². The van der Waals surface area contributed by atoms with Crippen LogP contribution in [0.3, 0.4) is 0 Å². The number of nitro groups is 1. The van der Waals surface area contributed by atoms with Gasteiger partial charge in [-0.2, -0.15) is 16.8 Å². The van der Waals surface area contributed by atoms with Crippen molar-refractivity contribution >= 4 is 37.8 Å². The van der Waals surface area contributed by atoms with Crippen LogP contribution in [0, 0.1) is 10.1 Å². The number of non-ortho nitro benzene ring substituents is 1. The summed E-state index contributed by atoms with van der Waals surface area (Å²) in [6.45, 7) is 0. The van der Waals surface area contributed by atoms with Crippen LogP contribution < -0.4 is 4.18 Å². The Labute approximate surface area is 113 Å². The predicted octanol–water partition coefficient (Wildman–Crippen LogP) is 0.848. The lowest BCUT2D eigenvalue weighted by Gasteiger charge is -2.05. The third kappa shape index (κ3) is 5.38. The van der Waals surface area contributed by atoms with Gasteiger partial charge in [0, 0.05) is 12.1 Å². The van der Waals surface area contributed by atoms with Crippen molar-refractivity contribution in [3.63, 3.8) is 0 Å². The van der Waals surface area contributed by atoms with Crippen molar-refractivity contribution in [2.24, 2.45) is 0 Å². The van der Waals surface area contributed by atoms with Gasteiger partial charge in [0.1, 0.15) is 0 Å². The summed E-state index contributed by atoms with van der Waals surface area (Å²) in [5.74, 6) is -0.553. The first-order chi connectivity index (χ1) is 8.48. The standard InChI is InChI=1S/C7H6ClNO8S2/c1-18(12,13)17-19(14,15)16-7-3-5(8)2-6(4-7)9(10)11/h2-4H,1H3. The number of halogens is 1. The van der Waals surface area contributed by atoms with E-state index in [1.165, 1.54) is 0 Å². The van der Waals surface area contributed by atoms with Gasteiger partial charge in [-0.3, -0.25) is 10.1 Å². The van der Waals surface area contributed by atoms with E-state index in [9.17, 15) is 26.9 Å². The SMILES string of the molecule is CS(=O)(=O)OS(=O)(=O)Oc1cc(Cl)cc([N+](=O)[O-])c1. The fourth-order valence-electron chi connectivity index (χ4n) is 0.985. The molecule has 106 valence electrons. The van der Waals surface area contributed by atoms with E-state index in [-0.39, 0.29) is 5.02 Å². The number of hydrogen-bond donors (Lipinski definition) is 0. The number of benzene rings is 1. The van der Waals surface area contributed by atoms with Crippen LogP contribution in [0.5, 0.6) is 5.75 Å². The smallest absolute Gasteiger partial charge is 0.361 e. The summed E-state index contributed by atoms with van der Waals surface area (Å²) in [4.78, 5) is 9.68. The van der Waals surface area contributed by atoms with Gasteiger partial charge in [-0.25, -0.2) is 0 Å². The molecular weight excluding hydrogens is 326 g/mol. The molecule has 0 N–H and O–H groups in total. The Bertz CT molecular complexity index is 711. The molecule has 1 aromatic carbocycles. The third-order valence-electron chi connectivity index (χ3n) is 1.47. The van der Waals surface area contributed by atoms with Crippen LogP contribution in [-0.2, 0) is 24.1 Å². The van der Waals surface area contributed by atoms with Gasteiger partial charge in [-0.1, -0.05) is 11.6 Å². The van der Waals surface area contributed by atoms with Crippen LogP contribution in [0.4, 0.5) is 5.69 Å². The van der Waals surface area contributed by atoms with Gasteiger partial charge in [0.15, 0.2) is 5.75 Å². The molecule has 0 aliphatic heterocycles. The van der Waals surface area contributed by atoms with Gasteiger partial charge >= 0.3 is 10.4 Å². The van der Waals surface area contributed by atoms with Crippen molar-refractivity contribution in [1.82, 2.24) is 0 Å². The molecule has 0 unspecified atom stereocenters. The number of rotatable bonds is 5. The molecule has 0 saturated heterocycles. The highest BCUT2D eigenvalue weighted by molar-refractivity contribution is 7.97. The van der Waals surface area contributed by atoms with E-state index in [4.69, 9.17) is 11.6 Å². The Morgan fingerprint density at radius 3 is 2.26 bits per heavy atom. The highest BCUT2D eigenvalue weighted by Crippen LogP contribution is 2.27. The summed E-state index contributed by atoms with van der Waals surface area (Å²) in [6, 6.07) is 2.64. The van der Waals surface area contributed by atoms with Crippen molar-refractivity contribution in [3.05, 3.63) is 33.3 Å². The Balaban J connectivity index is 3.10. The molecule has 19 heavy (non-hydrogen) atoms. The largest absolute Gasteiger partial charge is 0.464 e. The fraction of sp³-hybridized carbons (Fsp3) is 0.143. The van der Waals surface area contributed by atoms with Crippen LogP contribution in [0.1, 0.15) is 0 Å². The normalized spacial score (nSPS) is 12.1. The van der Waals surface area contributed by atoms with Crippen LogP contribution >= 0.6 is 11.6 Å². The maximum atomic E-state index is 11.2. The van der Waals surface area contributed by atoms with Crippen molar-refractivity contribution in [2.45, 2.75) is 0 Å². The number of hydrogen-bond acceptors (Lipinski definition) is 8. The molecule has 0 saturated carbocycles. The summed E-state index contributed by atoms with van der Waals surface area (Å²) in [7, 11) is -9.24. The van der Waals surface area contributed by atoms with Crippen LogP contribution in [0.2, 0.25) is 5.02 Å². The Kier molecular flexibility index (Phi) is 4.35. The van der Waals surface area contributed by atoms with E-state index in [0.29, 0.717) is 6.26 Å². The minimum Gasteiger partial charge on any atom is -0.361 e. The molecule has 0 bridgehead atoms. The second kappa shape index (κ2) is 5.28. The predicted molar refractivity (Wildman–Crippen MR) is 63.6 cm³/mol. The van der Waals surface area contributed by atoms with E-state index in [1.807, 2.05) is 0 Å². The van der Waals surface area contributed by atoms with E-state index >= 15 is 0 Å². The van der Waals surface area contributed by atoms with E-state index in [2.05, 4.69) is 7.81 Å². The first-order valence-corrected chi connectivity index (χ1v) is 7.82. The molecule has 0 heterocycles. The zero-order valence-corrected chi connectivity index (χ0v) is 11.5. The quantitative estimate of drug-likeness (QED) is 0.573. The lowest BCUT2D eigenvalue weighted by Crippen LogP contribution is -2.17. The molecule has 0 spiro atoms. The van der Waals surface area contributed by atoms with E-state index < -0.39 is 36.9 Å². The first kappa shape index (κ1) is 15.6. The molecule has 12 heteroatoms. The van der Waals surface area contributed by atoms with Gasteiger partial charge in [0.05, 0.1) is 22.3 Å². The van der Waals surface area contributed by atoms with Crippen molar-refractivity contribution in [1.29, 1.82) is 0 Å². The molecule has 0 aromatic heterocycles. The molecule has 0 amide bonds. The second-order valence-corrected chi connectivity index (χ2v) is 6.54. The first-order valence-electron chi connectivity index (χ1n) is 4.29. The highest BCUT2D eigenvalue weighted by Gasteiger charge is 2.22. The highest BCUT2D eigenvalue weighted by atomic mass is 35.5. The number of nitrogens with zero attached hydrogens (tertiary/aromatic N) is 1. The van der Waals surface area contributed by atoms with Crippen LogP contribution in [0.25, 0.3) is 0 Å².